The summed E-state index contributed by atoms with van der Waals surface area (Å²) < 4.78 is 9.87. The van der Waals surface area contributed by atoms with Gasteiger partial charge in [-0.1, -0.05) is 28.9 Å². The molecule has 5 heteroatoms. The number of benzene rings is 1. The van der Waals surface area contributed by atoms with Crippen LogP contribution in [0.5, 0.6) is 5.75 Å². The topological polar surface area (TPSA) is 61.3 Å². The molecule has 2 N–H and O–H groups in total. The summed E-state index contributed by atoms with van der Waals surface area (Å²) in [6, 6.07) is 7.03. The standard InChI is InChI=1S/C10H9ClN2O2/c1-14-8-4-2-3-6(10(8)11)7-5-9(12)15-13-7/h2-5H,12H2,1H3. The minimum atomic E-state index is 0.254. The number of halogens is 1. The van der Waals surface area contributed by atoms with Crippen molar-refractivity contribution >= 4 is 17.5 Å². The zero-order valence-corrected chi connectivity index (χ0v) is 8.78. The van der Waals surface area contributed by atoms with Crippen LogP contribution >= 0.6 is 11.6 Å². The van der Waals surface area contributed by atoms with Gasteiger partial charge >= 0.3 is 0 Å². The number of hydrogen-bond donors (Lipinski definition) is 1. The molecule has 0 bridgehead atoms. The summed E-state index contributed by atoms with van der Waals surface area (Å²) >= 11 is 6.11. The number of hydrogen-bond acceptors (Lipinski definition) is 4. The SMILES string of the molecule is COc1cccc(-c2cc(N)on2)c1Cl. The Hall–Kier alpha value is -1.68. The molecule has 15 heavy (non-hydrogen) atoms. The molecule has 78 valence electrons. The molecule has 0 amide bonds. The second-order valence-corrected chi connectivity index (χ2v) is 3.31. The summed E-state index contributed by atoms with van der Waals surface area (Å²) in [7, 11) is 1.56. The molecule has 0 aliphatic rings. The molecule has 0 unspecified atom stereocenters. The zero-order chi connectivity index (χ0) is 10.8. The normalized spacial score (nSPS) is 10.3. The first kappa shape index (κ1) is 9.86. The highest BCUT2D eigenvalue weighted by atomic mass is 35.5. The van der Waals surface area contributed by atoms with Gasteiger partial charge in [0.05, 0.1) is 12.1 Å². The Labute approximate surface area is 91.6 Å². The van der Waals surface area contributed by atoms with Crippen molar-refractivity contribution in [3.8, 4) is 17.0 Å². The Morgan fingerprint density at radius 1 is 1.47 bits per heavy atom. The van der Waals surface area contributed by atoms with Crippen LogP contribution in [0.4, 0.5) is 5.88 Å². The second kappa shape index (κ2) is 3.82. The van der Waals surface area contributed by atoms with Crippen LogP contribution in [0.1, 0.15) is 0 Å². The molecule has 1 heterocycles. The average Bonchev–Trinajstić information content (AvgIpc) is 2.65. The monoisotopic (exact) mass is 224 g/mol. The molecular formula is C10H9ClN2O2. The van der Waals surface area contributed by atoms with Crippen LogP contribution in [0.2, 0.25) is 5.02 Å². The molecule has 0 saturated heterocycles. The van der Waals surface area contributed by atoms with Crippen molar-refractivity contribution in [2.75, 3.05) is 12.8 Å². The summed E-state index contributed by atoms with van der Waals surface area (Å²) in [6.07, 6.45) is 0. The first-order chi connectivity index (χ1) is 7.22. The van der Waals surface area contributed by atoms with E-state index in [2.05, 4.69) is 5.16 Å². The van der Waals surface area contributed by atoms with Gasteiger partial charge in [0.15, 0.2) is 0 Å². The maximum Gasteiger partial charge on any atom is 0.222 e. The lowest BCUT2D eigenvalue weighted by Crippen LogP contribution is -1.86. The van der Waals surface area contributed by atoms with Gasteiger partial charge in [-0.25, -0.2) is 0 Å². The Bertz CT molecular complexity index is 482. The fraction of sp³-hybridized carbons (Fsp3) is 0.100. The summed E-state index contributed by atoms with van der Waals surface area (Å²) in [4.78, 5) is 0. The molecule has 4 nitrogen and oxygen atoms in total. The van der Waals surface area contributed by atoms with Gasteiger partial charge in [0, 0.05) is 11.6 Å². The number of nitrogens with two attached hydrogens (primary N) is 1. The second-order valence-electron chi connectivity index (χ2n) is 2.94. The quantitative estimate of drug-likeness (QED) is 0.852. The molecule has 0 aliphatic heterocycles. The van der Waals surface area contributed by atoms with Crippen molar-refractivity contribution in [3.63, 3.8) is 0 Å². The summed E-state index contributed by atoms with van der Waals surface area (Å²) in [5.41, 5.74) is 6.76. The molecule has 1 aromatic carbocycles. The van der Waals surface area contributed by atoms with Crippen molar-refractivity contribution in [1.29, 1.82) is 0 Å². The van der Waals surface area contributed by atoms with Gasteiger partial charge in [-0.3, -0.25) is 0 Å². The lowest BCUT2D eigenvalue weighted by molar-refractivity contribution is 0.415. The maximum atomic E-state index is 6.11. The van der Waals surface area contributed by atoms with Crippen molar-refractivity contribution in [1.82, 2.24) is 5.16 Å². The number of methoxy groups -OCH3 is 1. The molecule has 0 saturated carbocycles. The van der Waals surface area contributed by atoms with E-state index in [-0.39, 0.29) is 5.88 Å². The molecule has 1 aromatic heterocycles. The van der Waals surface area contributed by atoms with Gasteiger partial charge in [-0.15, -0.1) is 0 Å². The lowest BCUT2D eigenvalue weighted by Gasteiger charge is -2.05. The molecule has 0 radical (unpaired) electrons. The highest BCUT2D eigenvalue weighted by molar-refractivity contribution is 6.34. The Morgan fingerprint density at radius 3 is 2.87 bits per heavy atom. The van der Waals surface area contributed by atoms with Crippen LogP contribution in [0.15, 0.2) is 28.8 Å². The highest BCUT2D eigenvalue weighted by Crippen LogP contribution is 2.34. The third kappa shape index (κ3) is 1.76. The van der Waals surface area contributed by atoms with Crippen LogP contribution in [0.25, 0.3) is 11.3 Å². The third-order valence-electron chi connectivity index (χ3n) is 1.99. The molecule has 0 fully saturated rings. The van der Waals surface area contributed by atoms with E-state index < -0.39 is 0 Å². The van der Waals surface area contributed by atoms with Gasteiger partial charge < -0.3 is 15.0 Å². The molecule has 0 spiro atoms. The highest BCUT2D eigenvalue weighted by Gasteiger charge is 2.11. The van der Waals surface area contributed by atoms with E-state index in [4.69, 9.17) is 26.6 Å². The van der Waals surface area contributed by atoms with Gasteiger partial charge in [0.1, 0.15) is 11.4 Å². The lowest BCUT2D eigenvalue weighted by atomic mass is 10.1. The molecule has 0 atom stereocenters. The van der Waals surface area contributed by atoms with Crippen LogP contribution < -0.4 is 10.5 Å². The summed E-state index contributed by atoms with van der Waals surface area (Å²) in [5.74, 6) is 0.847. The van der Waals surface area contributed by atoms with Crippen molar-refractivity contribution in [3.05, 3.63) is 29.3 Å². The number of ether oxygens (including phenoxy) is 1. The van der Waals surface area contributed by atoms with E-state index in [0.717, 1.165) is 5.56 Å². The van der Waals surface area contributed by atoms with Crippen LogP contribution in [-0.2, 0) is 0 Å². The Morgan fingerprint density at radius 2 is 2.27 bits per heavy atom. The van der Waals surface area contributed by atoms with E-state index in [1.807, 2.05) is 12.1 Å². The maximum absolute atomic E-state index is 6.11. The van der Waals surface area contributed by atoms with Gasteiger partial charge in [0.2, 0.25) is 5.88 Å². The van der Waals surface area contributed by atoms with E-state index in [9.17, 15) is 0 Å². The van der Waals surface area contributed by atoms with Crippen LogP contribution in [-0.4, -0.2) is 12.3 Å². The molecule has 2 rings (SSSR count). The zero-order valence-electron chi connectivity index (χ0n) is 8.03. The number of nitrogen functional groups attached to an aromatic ring is 1. The number of anilines is 1. The van der Waals surface area contributed by atoms with E-state index >= 15 is 0 Å². The smallest absolute Gasteiger partial charge is 0.222 e. The van der Waals surface area contributed by atoms with Gasteiger partial charge in [-0.05, 0) is 6.07 Å². The fourth-order valence-electron chi connectivity index (χ4n) is 1.28. The van der Waals surface area contributed by atoms with Crippen molar-refractivity contribution in [2.45, 2.75) is 0 Å². The van der Waals surface area contributed by atoms with Gasteiger partial charge in [0.25, 0.3) is 0 Å². The predicted molar refractivity (Wildman–Crippen MR) is 57.9 cm³/mol. The first-order valence-corrected chi connectivity index (χ1v) is 4.65. The minimum Gasteiger partial charge on any atom is -0.495 e. The minimum absolute atomic E-state index is 0.254. The Balaban J connectivity index is 2.53. The van der Waals surface area contributed by atoms with Gasteiger partial charge in [-0.2, -0.15) is 0 Å². The third-order valence-corrected chi connectivity index (χ3v) is 2.38. The van der Waals surface area contributed by atoms with E-state index in [1.54, 1.807) is 19.2 Å². The number of aromatic nitrogens is 1. The fourth-order valence-corrected chi connectivity index (χ4v) is 1.58. The Kier molecular flexibility index (Phi) is 2.51. The molecule has 0 aliphatic carbocycles. The first-order valence-electron chi connectivity index (χ1n) is 4.27. The number of rotatable bonds is 2. The van der Waals surface area contributed by atoms with E-state index in [0.29, 0.717) is 16.5 Å². The molecule has 2 aromatic rings. The van der Waals surface area contributed by atoms with Crippen LogP contribution in [0, 0.1) is 0 Å². The summed E-state index contributed by atoms with van der Waals surface area (Å²) in [5, 5.41) is 4.28. The number of nitrogens with zero attached hydrogens (tertiary/aromatic N) is 1. The molecular weight excluding hydrogens is 216 g/mol. The van der Waals surface area contributed by atoms with Crippen LogP contribution in [0.3, 0.4) is 0 Å². The van der Waals surface area contributed by atoms with Crippen molar-refractivity contribution < 1.29 is 9.26 Å². The van der Waals surface area contributed by atoms with E-state index in [1.165, 1.54) is 0 Å². The largest absolute Gasteiger partial charge is 0.495 e. The average molecular weight is 225 g/mol. The summed E-state index contributed by atoms with van der Waals surface area (Å²) in [6.45, 7) is 0. The van der Waals surface area contributed by atoms with Crippen molar-refractivity contribution in [2.24, 2.45) is 0 Å². The predicted octanol–water partition coefficient (Wildman–Crippen LogP) is 2.59.